The maximum absolute atomic E-state index is 12.8. The van der Waals surface area contributed by atoms with Crippen molar-refractivity contribution in [2.45, 2.75) is 58.4 Å². The maximum Gasteiger partial charge on any atom is 0.226 e. The number of carbonyl (C=O) groups excluding carboxylic acids is 1. The van der Waals surface area contributed by atoms with E-state index in [1.54, 1.807) is 17.4 Å². The van der Waals surface area contributed by atoms with E-state index >= 15 is 0 Å². The topological polar surface area (TPSA) is 58.4 Å². The third-order valence-corrected chi connectivity index (χ3v) is 5.11. The SMILES string of the molecule is CCCCC1CCC(C(=O)N(CCO)Cc2cncn2C)CC1. The molecule has 0 aliphatic heterocycles. The Balaban J connectivity index is 1.89. The second-order valence-corrected chi connectivity index (χ2v) is 6.84. The second-order valence-electron chi connectivity index (χ2n) is 6.84. The van der Waals surface area contributed by atoms with Crippen LogP contribution in [-0.2, 0) is 18.4 Å². The zero-order chi connectivity index (χ0) is 16.7. The molecule has 130 valence electrons. The van der Waals surface area contributed by atoms with E-state index < -0.39 is 0 Å². The summed E-state index contributed by atoms with van der Waals surface area (Å²) >= 11 is 0. The van der Waals surface area contributed by atoms with Gasteiger partial charge < -0.3 is 14.6 Å². The van der Waals surface area contributed by atoms with Crippen molar-refractivity contribution >= 4 is 5.91 Å². The smallest absolute Gasteiger partial charge is 0.226 e. The molecule has 0 saturated heterocycles. The molecular formula is C18H31N3O2. The Kier molecular flexibility index (Phi) is 7.09. The molecule has 5 nitrogen and oxygen atoms in total. The first-order chi connectivity index (χ1) is 11.2. The predicted molar refractivity (Wildman–Crippen MR) is 90.7 cm³/mol. The number of amides is 1. The van der Waals surface area contributed by atoms with Crippen LogP contribution in [0.1, 0.15) is 57.6 Å². The quantitative estimate of drug-likeness (QED) is 0.801. The highest BCUT2D eigenvalue weighted by Gasteiger charge is 2.29. The Bertz CT molecular complexity index is 478. The lowest BCUT2D eigenvalue weighted by atomic mass is 9.79. The Morgan fingerprint density at radius 1 is 1.39 bits per heavy atom. The van der Waals surface area contributed by atoms with Gasteiger partial charge in [0.15, 0.2) is 0 Å². The van der Waals surface area contributed by atoms with E-state index in [2.05, 4.69) is 11.9 Å². The fourth-order valence-corrected chi connectivity index (χ4v) is 3.57. The van der Waals surface area contributed by atoms with Gasteiger partial charge >= 0.3 is 0 Å². The summed E-state index contributed by atoms with van der Waals surface area (Å²) in [5.74, 6) is 1.14. The number of aliphatic hydroxyl groups excluding tert-OH is 1. The molecule has 1 fully saturated rings. The number of aliphatic hydroxyl groups is 1. The molecule has 0 radical (unpaired) electrons. The molecule has 23 heavy (non-hydrogen) atoms. The molecule has 1 saturated carbocycles. The molecular weight excluding hydrogens is 290 g/mol. The van der Waals surface area contributed by atoms with Crippen LogP contribution in [0.2, 0.25) is 0 Å². The fraction of sp³-hybridized carbons (Fsp3) is 0.778. The van der Waals surface area contributed by atoms with Gasteiger partial charge in [-0.15, -0.1) is 0 Å². The summed E-state index contributed by atoms with van der Waals surface area (Å²) in [4.78, 5) is 18.7. The molecule has 2 rings (SSSR count). The van der Waals surface area contributed by atoms with E-state index in [-0.39, 0.29) is 18.4 Å². The molecule has 1 aromatic heterocycles. The molecule has 0 atom stereocenters. The third kappa shape index (κ3) is 5.06. The largest absolute Gasteiger partial charge is 0.395 e. The van der Waals surface area contributed by atoms with Crippen LogP contribution in [0.4, 0.5) is 0 Å². The van der Waals surface area contributed by atoms with Crippen LogP contribution in [0.3, 0.4) is 0 Å². The minimum absolute atomic E-state index is 0.00936. The van der Waals surface area contributed by atoms with Gasteiger partial charge in [0, 0.05) is 25.7 Å². The minimum atomic E-state index is 0.00936. The molecule has 1 aromatic rings. The fourth-order valence-electron chi connectivity index (χ4n) is 3.57. The normalized spacial score (nSPS) is 21.3. The molecule has 1 aliphatic carbocycles. The van der Waals surface area contributed by atoms with Crippen LogP contribution >= 0.6 is 0 Å². The summed E-state index contributed by atoms with van der Waals surface area (Å²) in [6.45, 7) is 3.18. The molecule has 1 amide bonds. The Labute approximate surface area is 139 Å². The van der Waals surface area contributed by atoms with Crippen molar-refractivity contribution in [2.24, 2.45) is 18.9 Å². The summed E-state index contributed by atoms with van der Waals surface area (Å²) in [5.41, 5.74) is 1.00. The molecule has 1 aliphatic rings. The van der Waals surface area contributed by atoms with Gasteiger partial charge in [0.05, 0.1) is 25.2 Å². The Morgan fingerprint density at radius 3 is 2.70 bits per heavy atom. The van der Waals surface area contributed by atoms with Gasteiger partial charge in [-0.25, -0.2) is 4.98 Å². The number of aryl methyl sites for hydroxylation is 1. The number of rotatable bonds is 8. The molecule has 5 heteroatoms. The molecule has 1 heterocycles. The van der Waals surface area contributed by atoms with Crippen molar-refractivity contribution in [1.29, 1.82) is 0 Å². The van der Waals surface area contributed by atoms with Gasteiger partial charge in [0.2, 0.25) is 5.91 Å². The predicted octanol–water partition coefficient (Wildman–Crippen LogP) is 2.74. The van der Waals surface area contributed by atoms with Gasteiger partial charge in [-0.3, -0.25) is 4.79 Å². The van der Waals surface area contributed by atoms with Crippen LogP contribution in [0.15, 0.2) is 12.5 Å². The van der Waals surface area contributed by atoms with Crippen LogP contribution in [0, 0.1) is 11.8 Å². The lowest BCUT2D eigenvalue weighted by molar-refractivity contribution is -0.138. The lowest BCUT2D eigenvalue weighted by Crippen LogP contribution is -2.39. The van der Waals surface area contributed by atoms with Crippen molar-refractivity contribution in [3.05, 3.63) is 18.2 Å². The number of hydrogen-bond donors (Lipinski definition) is 1. The van der Waals surface area contributed by atoms with E-state index in [1.165, 1.54) is 32.1 Å². The van der Waals surface area contributed by atoms with E-state index in [1.807, 2.05) is 11.6 Å². The van der Waals surface area contributed by atoms with Crippen molar-refractivity contribution in [3.63, 3.8) is 0 Å². The average molecular weight is 321 g/mol. The standard InChI is InChI=1S/C18H31N3O2/c1-3-4-5-15-6-8-16(9-7-15)18(23)21(10-11-22)13-17-12-19-14-20(17)2/h12,14-16,22H,3-11,13H2,1-2H3. The van der Waals surface area contributed by atoms with Crippen molar-refractivity contribution in [2.75, 3.05) is 13.2 Å². The monoisotopic (exact) mass is 321 g/mol. The average Bonchev–Trinajstić information content (AvgIpc) is 2.97. The van der Waals surface area contributed by atoms with Crippen LogP contribution < -0.4 is 0 Å². The highest BCUT2D eigenvalue weighted by molar-refractivity contribution is 5.78. The van der Waals surface area contributed by atoms with Gasteiger partial charge in [-0.05, 0) is 31.6 Å². The van der Waals surface area contributed by atoms with Crippen LogP contribution in [0.25, 0.3) is 0 Å². The van der Waals surface area contributed by atoms with Gasteiger partial charge in [-0.1, -0.05) is 26.2 Å². The number of nitrogens with zero attached hydrogens (tertiary/aromatic N) is 3. The number of hydrogen-bond acceptors (Lipinski definition) is 3. The Morgan fingerprint density at radius 2 is 2.13 bits per heavy atom. The summed E-state index contributed by atoms with van der Waals surface area (Å²) < 4.78 is 1.93. The molecule has 1 N–H and O–H groups in total. The summed E-state index contributed by atoms with van der Waals surface area (Å²) in [6, 6.07) is 0. The highest BCUT2D eigenvalue weighted by atomic mass is 16.3. The highest BCUT2D eigenvalue weighted by Crippen LogP contribution is 2.33. The first-order valence-corrected chi connectivity index (χ1v) is 9.00. The van der Waals surface area contributed by atoms with Gasteiger partial charge in [-0.2, -0.15) is 0 Å². The van der Waals surface area contributed by atoms with Crippen molar-refractivity contribution in [1.82, 2.24) is 14.5 Å². The molecule has 0 spiro atoms. The molecule has 0 bridgehead atoms. The van der Waals surface area contributed by atoms with E-state index in [0.717, 1.165) is 24.5 Å². The first-order valence-electron chi connectivity index (χ1n) is 9.00. The van der Waals surface area contributed by atoms with E-state index in [0.29, 0.717) is 13.1 Å². The number of imidazole rings is 1. The second kappa shape index (κ2) is 9.06. The minimum Gasteiger partial charge on any atom is -0.395 e. The molecule has 0 aromatic carbocycles. The van der Waals surface area contributed by atoms with Crippen molar-refractivity contribution in [3.8, 4) is 0 Å². The summed E-state index contributed by atoms with van der Waals surface area (Å²) in [7, 11) is 1.93. The van der Waals surface area contributed by atoms with E-state index in [4.69, 9.17) is 0 Å². The van der Waals surface area contributed by atoms with Crippen LogP contribution in [0.5, 0.6) is 0 Å². The first kappa shape index (κ1) is 18.0. The van der Waals surface area contributed by atoms with Crippen molar-refractivity contribution < 1.29 is 9.90 Å². The third-order valence-electron chi connectivity index (χ3n) is 5.11. The summed E-state index contributed by atoms with van der Waals surface area (Å²) in [6.07, 6.45) is 11.8. The van der Waals surface area contributed by atoms with Gasteiger partial charge in [0.25, 0.3) is 0 Å². The van der Waals surface area contributed by atoms with Gasteiger partial charge in [0.1, 0.15) is 0 Å². The zero-order valence-corrected chi connectivity index (χ0v) is 14.6. The maximum atomic E-state index is 12.8. The van der Waals surface area contributed by atoms with E-state index in [9.17, 15) is 9.90 Å². The zero-order valence-electron chi connectivity index (χ0n) is 14.6. The lowest BCUT2D eigenvalue weighted by Gasteiger charge is -2.32. The number of aromatic nitrogens is 2. The summed E-state index contributed by atoms with van der Waals surface area (Å²) in [5, 5.41) is 9.30. The Hall–Kier alpha value is -1.36. The molecule has 0 unspecified atom stereocenters. The number of unbranched alkanes of at least 4 members (excludes halogenated alkanes) is 1. The number of carbonyl (C=O) groups is 1. The van der Waals surface area contributed by atoms with Crippen LogP contribution in [-0.4, -0.2) is 38.6 Å².